The molecule has 17 heavy (non-hydrogen) atoms. The van der Waals surface area contributed by atoms with E-state index in [1.54, 1.807) is 4.90 Å². The van der Waals surface area contributed by atoms with Crippen molar-refractivity contribution in [2.24, 2.45) is 5.92 Å². The maximum absolute atomic E-state index is 12.7. The Balaban J connectivity index is 1.99. The van der Waals surface area contributed by atoms with Crippen LogP contribution < -0.4 is 0 Å². The normalized spacial score (nSPS) is 19.6. The molecule has 3 nitrogen and oxygen atoms in total. The van der Waals surface area contributed by atoms with E-state index in [1.807, 2.05) is 0 Å². The van der Waals surface area contributed by atoms with Crippen molar-refractivity contribution in [2.75, 3.05) is 19.7 Å². The third-order valence-corrected chi connectivity index (χ3v) is 3.20. The topological polar surface area (TPSA) is 40.5 Å². The van der Waals surface area contributed by atoms with Gasteiger partial charge < -0.3 is 10.0 Å². The average Bonchev–Trinajstić information content (AvgIpc) is 2.78. The van der Waals surface area contributed by atoms with Crippen LogP contribution in [0.2, 0.25) is 0 Å². The molecule has 2 rings (SSSR count). The van der Waals surface area contributed by atoms with Crippen molar-refractivity contribution in [3.8, 4) is 0 Å². The number of rotatable bonds is 3. The van der Waals surface area contributed by atoms with Gasteiger partial charge in [-0.15, -0.1) is 0 Å². The highest BCUT2D eigenvalue weighted by molar-refractivity contribution is 5.94. The van der Waals surface area contributed by atoms with Gasteiger partial charge in [0.15, 0.2) is 0 Å². The summed E-state index contributed by atoms with van der Waals surface area (Å²) in [7, 11) is 0. The molecule has 0 spiro atoms. The van der Waals surface area contributed by atoms with Crippen LogP contribution in [0.15, 0.2) is 24.3 Å². The van der Waals surface area contributed by atoms with Gasteiger partial charge in [0.1, 0.15) is 5.82 Å². The zero-order valence-electron chi connectivity index (χ0n) is 9.60. The van der Waals surface area contributed by atoms with Crippen molar-refractivity contribution in [3.05, 3.63) is 35.6 Å². The lowest BCUT2D eigenvalue weighted by Gasteiger charge is -2.16. The standard InChI is InChI=1S/C13H16FNO2/c14-12-3-1-11(2-4-12)13(17)15-7-5-10(9-15)6-8-16/h1-4,10,16H,5-9H2. The minimum Gasteiger partial charge on any atom is -0.396 e. The number of hydrogen-bond acceptors (Lipinski definition) is 2. The molecule has 1 N–H and O–H groups in total. The Morgan fingerprint density at radius 2 is 2.12 bits per heavy atom. The lowest BCUT2D eigenvalue weighted by Crippen LogP contribution is -2.28. The zero-order chi connectivity index (χ0) is 12.3. The molecule has 0 saturated carbocycles. The monoisotopic (exact) mass is 237 g/mol. The SMILES string of the molecule is O=C(c1ccc(F)cc1)N1CCC(CCO)C1. The predicted octanol–water partition coefficient (Wildman–Crippen LogP) is 1.67. The molecular weight excluding hydrogens is 221 g/mol. The van der Waals surface area contributed by atoms with E-state index in [9.17, 15) is 9.18 Å². The molecule has 1 aliphatic heterocycles. The van der Waals surface area contributed by atoms with Crippen molar-refractivity contribution in [1.82, 2.24) is 4.90 Å². The maximum atomic E-state index is 12.7. The Bertz CT molecular complexity index is 391. The smallest absolute Gasteiger partial charge is 0.253 e. The Kier molecular flexibility index (Phi) is 3.74. The summed E-state index contributed by atoms with van der Waals surface area (Å²) >= 11 is 0. The van der Waals surface area contributed by atoms with Crippen LogP contribution in [0.3, 0.4) is 0 Å². The van der Waals surface area contributed by atoms with Crippen LogP contribution in [0.4, 0.5) is 4.39 Å². The molecule has 0 aromatic heterocycles. The maximum Gasteiger partial charge on any atom is 0.253 e. The molecule has 92 valence electrons. The minimum absolute atomic E-state index is 0.0505. The first-order chi connectivity index (χ1) is 8.20. The van der Waals surface area contributed by atoms with Gasteiger partial charge in [-0.25, -0.2) is 4.39 Å². The molecule has 1 saturated heterocycles. The first-order valence-electron chi connectivity index (χ1n) is 5.86. The predicted molar refractivity (Wildman–Crippen MR) is 62.1 cm³/mol. The Hall–Kier alpha value is -1.42. The molecule has 1 fully saturated rings. The summed E-state index contributed by atoms with van der Waals surface area (Å²) in [6.45, 7) is 1.58. The first-order valence-corrected chi connectivity index (χ1v) is 5.86. The summed E-state index contributed by atoms with van der Waals surface area (Å²) in [5, 5.41) is 8.85. The molecule has 1 amide bonds. The van der Waals surface area contributed by atoms with E-state index < -0.39 is 0 Å². The molecule has 0 radical (unpaired) electrons. The van der Waals surface area contributed by atoms with Crippen LogP contribution in [0, 0.1) is 11.7 Å². The van der Waals surface area contributed by atoms with Crippen LogP contribution in [-0.4, -0.2) is 35.6 Å². The number of halogens is 1. The van der Waals surface area contributed by atoms with Crippen LogP contribution in [0.25, 0.3) is 0 Å². The number of hydrogen-bond donors (Lipinski definition) is 1. The largest absolute Gasteiger partial charge is 0.396 e. The van der Waals surface area contributed by atoms with E-state index in [1.165, 1.54) is 24.3 Å². The third kappa shape index (κ3) is 2.82. The second kappa shape index (κ2) is 5.27. The average molecular weight is 237 g/mol. The lowest BCUT2D eigenvalue weighted by atomic mass is 10.1. The van der Waals surface area contributed by atoms with Crippen molar-refractivity contribution >= 4 is 5.91 Å². The van der Waals surface area contributed by atoms with Gasteiger partial charge in [-0.1, -0.05) is 0 Å². The lowest BCUT2D eigenvalue weighted by molar-refractivity contribution is 0.0784. The summed E-state index contributed by atoms with van der Waals surface area (Å²) in [5.74, 6) is 0.0102. The van der Waals surface area contributed by atoms with E-state index >= 15 is 0 Å². The summed E-state index contributed by atoms with van der Waals surface area (Å²) in [6, 6.07) is 5.62. The van der Waals surface area contributed by atoms with E-state index in [0.29, 0.717) is 18.0 Å². The summed E-state index contributed by atoms with van der Waals surface area (Å²) < 4.78 is 12.7. The number of carbonyl (C=O) groups excluding carboxylic acids is 1. The van der Waals surface area contributed by atoms with E-state index in [2.05, 4.69) is 0 Å². The van der Waals surface area contributed by atoms with Gasteiger partial charge in [0, 0.05) is 25.3 Å². The molecule has 4 heteroatoms. The number of amides is 1. The van der Waals surface area contributed by atoms with Gasteiger partial charge >= 0.3 is 0 Å². The molecule has 1 atom stereocenters. The minimum atomic E-state index is -0.332. The van der Waals surface area contributed by atoms with E-state index in [-0.39, 0.29) is 18.3 Å². The third-order valence-electron chi connectivity index (χ3n) is 3.20. The quantitative estimate of drug-likeness (QED) is 0.868. The number of carbonyl (C=O) groups is 1. The summed E-state index contributed by atoms with van der Waals surface area (Å²) in [4.78, 5) is 13.8. The molecule has 0 aliphatic carbocycles. The summed E-state index contributed by atoms with van der Waals surface area (Å²) in [6.07, 6.45) is 1.68. The van der Waals surface area contributed by atoms with Crippen LogP contribution >= 0.6 is 0 Å². The van der Waals surface area contributed by atoms with Gasteiger partial charge in [-0.3, -0.25) is 4.79 Å². The molecule has 0 bridgehead atoms. The van der Waals surface area contributed by atoms with Gasteiger partial charge in [0.05, 0.1) is 0 Å². The number of aliphatic hydroxyl groups excluding tert-OH is 1. The van der Waals surface area contributed by atoms with Gasteiger partial charge in [0.2, 0.25) is 0 Å². The Morgan fingerprint density at radius 1 is 1.41 bits per heavy atom. The van der Waals surface area contributed by atoms with Crippen LogP contribution in [0.1, 0.15) is 23.2 Å². The Morgan fingerprint density at radius 3 is 2.76 bits per heavy atom. The fraction of sp³-hybridized carbons (Fsp3) is 0.462. The number of nitrogens with zero attached hydrogens (tertiary/aromatic N) is 1. The molecular formula is C13H16FNO2. The highest BCUT2D eigenvalue weighted by Crippen LogP contribution is 2.21. The number of likely N-dealkylation sites (tertiary alicyclic amines) is 1. The van der Waals surface area contributed by atoms with Crippen molar-refractivity contribution in [1.29, 1.82) is 0 Å². The molecule has 1 aliphatic rings. The van der Waals surface area contributed by atoms with E-state index in [0.717, 1.165) is 19.4 Å². The van der Waals surface area contributed by atoms with Crippen molar-refractivity contribution in [3.63, 3.8) is 0 Å². The van der Waals surface area contributed by atoms with Gasteiger partial charge in [-0.05, 0) is 43.0 Å². The zero-order valence-corrected chi connectivity index (χ0v) is 9.60. The van der Waals surface area contributed by atoms with Gasteiger partial charge in [0.25, 0.3) is 5.91 Å². The summed E-state index contributed by atoms with van der Waals surface area (Å²) in [5.41, 5.74) is 0.524. The van der Waals surface area contributed by atoms with Crippen LogP contribution in [0.5, 0.6) is 0 Å². The Labute approximate surface area is 99.9 Å². The molecule has 1 unspecified atom stereocenters. The number of benzene rings is 1. The second-order valence-corrected chi connectivity index (χ2v) is 4.43. The fourth-order valence-electron chi connectivity index (χ4n) is 2.21. The van der Waals surface area contributed by atoms with Crippen molar-refractivity contribution in [2.45, 2.75) is 12.8 Å². The highest BCUT2D eigenvalue weighted by Gasteiger charge is 2.26. The van der Waals surface area contributed by atoms with E-state index in [4.69, 9.17) is 5.11 Å². The molecule has 1 heterocycles. The van der Waals surface area contributed by atoms with Crippen molar-refractivity contribution < 1.29 is 14.3 Å². The first kappa shape index (κ1) is 12.0. The van der Waals surface area contributed by atoms with Crippen LogP contribution in [-0.2, 0) is 0 Å². The van der Waals surface area contributed by atoms with Gasteiger partial charge in [-0.2, -0.15) is 0 Å². The number of aliphatic hydroxyl groups is 1. The fourth-order valence-corrected chi connectivity index (χ4v) is 2.21. The highest BCUT2D eigenvalue weighted by atomic mass is 19.1. The second-order valence-electron chi connectivity index (χ2n) is 4.43. The molecule has 1 aromatic carbocycles. The molecule has 1 aromatic rings.